The number of amides is 2. The molecule has 0 saturated carbocycles. The Labute approximate surface area is 206 Å². The summed E-state index contributed by atoms with van der Waals surface area (Å²) < 4.78 is 11.3. The number of aliphatic hydroxyl groups is 1. The van der Waals surface area contributed by atoms with Crippen LogP contribution in [0.1, 0.15) is 61.9 Å². The average Bonchev–Trinajstić information content (AvgIpc) is 2.84. The molecule has 0 bridgehead atoms. The number of fused-ring (bicyclic) bond motifs is 1. The number of aliphatic hydroxyl groups excluding tert-OH is 1. The molecular formula is C26H36N4O5. The molecule has 1 atom stereocenters. The molecule has 5 rings (SSSR count). The van der Waals surface area contributed by atoms with Crippen molar-refractivity contribution in [2.75, 3.05) is 20.3 Å². The summed E-state index contributed by atoms with van der Waals surface area (Å²) in [4.78, 5) is 27.5. The maximum absolute atomic E-state index is 12.6. The summed E-state index contributed by atoms with van der Waals surface area (Å²) in [7, 11) is 1.00. The van der Waals surface area contributed by atoms with Crippen molar-refractivity contribution in [3.05, 3.63) is 52.8 Å². The van der Waals surface area contributed by atoms with Gasteiger partial charge in [0.25, 0.3) is 5.91 Å². The van der Waals surface area contributed by atoms with Crippen LogP contribution in [0.3, 0.4) is 0 Å². The molecular weight excluding hydrogens is 448 g/mol. The summed E-state index contributed by atoms with van der Waals surface area (Å²) in [5.41, 5.74) is 7.97. The van der Waals surface area contributed by atoms with Gasteiger partial charge in [0.05, 0.1) is 31.2 Å². The lowest BCUT2D eigenvalue weighted by Crippen LogP contribution is -2.46. The minimum absolute atomic E-state index is 0.0175. The third-order valence-electron chi connectivity index (χ3n) is 5.98. The van der Waals surface area contributed by atoms with E-state index in [4.69, 9.17) is 20.3 Å². The van der Waals surface area contributed by atoms with Crippen molar-refractivity contribution in [1.29, 1.82) is 0 Å². The number of nitrogens with one attached hydrogen (secondary N) is 2. The lowest BCUT2D eigenvalue weighted by molar-refractivity contribution is -0.121. The van der Waals surface area contributed by atoms with Gasteiger partial charge in [-0.1, -0.05) is 12.2 Å². The van der Waals surface area contributed by atoms with Crippen molar-refractivity contribution in [1.82, 2.24) is 10.6 Å². The summed E-state index contributed by atoms with van der Waals surface area (Å²) in [6, 6.07) is 5.79. The highest BCUT2D eigenvalue weighted by atomic mass is 16.5. The van der Waals surface area contributed by atoms with Crippen LogP contribution in [-0.4, -0.2) is 54.8 Å². The molecule has 0 aromatic heterocycles. The van der Waals surface area contributed by atoms with Crippen LogP contribution in [0, 0.1) is 0 Å². The Bertz CT molecular complexity index is 1030. The SMILES string of the molecule is CC1(C)CC(=O)NC(N)=N1.CO.O=C(NC1CCOC2=C1C=CCC2)c1ccc2c(c1)CCCO2. The van der Waals surface area contributed by atoms with E-state index in [1.165, 1.54) is 0 Å². The zero-order chi connectivity index (χ0) is 25.4. The number of carbonyl (C=O) groups excluding carboxylic acids is 2. The highest BCUT2D eigenvalue weighted by molar-refractivity contribution is 5.98. The van der Waals surface area contributed by atoms with Gasteiger partial charge in [0.1, 0.15) is 11.5 Å². The van der Waals surface area contributed by atoms with Gasteiger partial charge in [-0.15, -0.1) is 0 Å². The van der Waals surface area contributed by atoms with E-state index >= 15 is 0 Å². The quantitative estimate of drug-likeness (QED) is 0.509. The van der Waals surface area contributed by atoms with Gasteiger partial charge in [0.15, 0.2) is 5.96 Å². The van der Waals surface area contributed by atoms with E-state index in [2.05, 4.69) is 27.8 Å². The van der Waals surface area contributed by atoms with Gasteiger partial charge in [-0.05, 0) is 56.9 Å². The predicted octanol–water partition coefficient (Wildman–Crippen LogP) is 2.34. The number of hydrogen-bond acceptors (Lipinski definition) is 7. The lowest BCUT2D eigenvalue weighted by atomic mass is 9.94. The summed E-state index contributed by atoms with van der Waals surface area (Å²) in [6.45, 7) is 5.19. The van der Waals surface area contributed by atoms with Crippen molar-refractivity contribution in [2.24, 2.45) is 10.7 Å². The van der Waals surface area contributed by atoms with E-state index in [0.29, 0.717) is 18.6 Å². The van der Waals surface area contributed by atoms with E-state index < -0.39 is 0 Å². The molecule has 1 aromatic rings. The minimum atomic E-state index is -0.327. The third-order valence-corrected chi connectivity index (χ3v) is 5.98. The van der Waals surface area contributed by atoms with Crippen LogP contribution < -0.4 is 21.1 Å². The molecule has 9 heteroatoms. The molecule has 1 aliphatic carbocycles. The molecule has 0 saturated heterocycles. The molecule has 3 aliphatic heterocycles. The Morgan fingerprint density at radius 1 is 1.23 bits per heavy atom. The Morgan fingerprint density at radius 3 is 2.77 bits per heavy atom. The molecule has 2 amide bonds. The van der Waals surface area contributed by atoms with Gasteiger partial charge in [0.2, 0.25) is 5.91 Å². The van der Waals surface area contributed by atoms with Gasteiger partial charge in [-0.25, -0.2) is 4.99 Å². The molecule has 4 aliphatic rings. The van der Waals surface area contributed by atoms with Gasteiger partial charge in [0, 0.05) is 31.1 Å². The van der Waals surface area contributed by atoms with E-state index in [-0.39, 0.29) is 29.4 Å². The Hall–Kier alpha value is -3.33. The first kappa shape index (κ1) is 26.3. The van der Waals surface area contributed by atoms with Gasteiger partial charge in [-0.2, -0.15) is 0 Å². The molecule has 190 valence electrons. The van der Waals surface area contributed by atoms with Crippen LogP contribution in [0.25, 0.3) is 0 Å². The fraction of sp³-hybridized carbons (Fsp3) is 0.500. The van der Waals surface area contributed by atoms with Crippen molar-refractivity contribution < 1.29 is 24.2 Å². The first-order valence-corrected chi connectivity index (χ1v) is 12.0. The normalized spacial score (nSPS) is 21.7. The second kappa shape index (κ2) is 11.9. The number of aryl methyl sites for hydroxylation is 1. The van der Waals surface area contributed by atoms with Crippen LogP contribution in [0.5, 0.6) is 5.75 Å². The number of carbonyl (C=O) groups is 2. The molecule has 0 radical (unpaired) electrons. The van der Waals surface area contributed by atoms with Gasteiger partial charge in [-0.3, -0.25) is 14.9 Å². The molecule has 0 fully saturated rings. The van der Waals surface area contributed by atoms with Gasteiger partial charge < -0.3 is 25.6 Å². The lowest BCUT2D eigenvalue weighted by Gasteiger charge is -2.30. The second-order valence-corrected chi connectivity index (χ2v) is 9.29. The molecule has 5 N–H and O–H groups in total. The summed E-state index contributed by atoms with van der Waals surface area (Å²) in [5, 5.41) is 12.6. The summed E-state index contributed by atoms with van der Waals surface area (Å²) in [6.07, 6.45) is 9.44. The van der Waals surface area contributed by atoms with Crippen LogP contribution >= 0.6 is 0 Å². The third kappa shape index (κ3) is 7.08. The van der Waals surface area contributed by atoms with Crippen LogP contribution in [0.4, 0.5) is 0 Å². The fourth-order valence-electron chi connectivity index (χ4n) is 4.45. The zero-order valence-corrected chi connectivity index (χ0v) is 20.7. The number of hydrogen-bond donors (Lipinski definition) is 4. The molecule has 9 nitrogen and oxygen atoms in total. The number of nitrogens with two attached hydrogens (primary N) is 1. The number of rotatable bonds is 2. The highest BCUT2D eigenvalue weighted by Gasteiger charge is 2.27. The van der Waals surface area contributed by atoms with Crippen molar-refractivity contribution in [3.63, 3.8) is 0 Å². The van der Waals surface area contributed by atoms with Crippen molar-refractivity contribution >= 4 is 17.8 Å². The highest BCUT2D eigenvalue weighted by Crippen LogP contribution is 2.29. The Morgan fingerprint density at radius 2 is 2.03 bits per heavy atom. The number of nitrogens with zero attached hydrogens (tertiary/aromatic N) is 1. The van der Waals surface area contributed by atoms with Crippen molar-refractivity contribution in [2.45, 2.75) is 64.0 Å². The van der Waals surface area contributed by atoms with E-state index in [1.54, 1.807) is 0 Å². The number of guanidine groups is 1. The molecule has 1 aromatic carbocycles. The van der Waals surface area contributed by atoms with Gasteiger partial charge >= 0.3 is 0 Å². The molecule has 35 heavy (non-hydrogen) atoms. The first-order valence-electron chi connectivity index (χ1n) is 12.0. The van der Waals surface area contributed by atoms with E-state index in [1.807, 2.05) is 32.0 Å². The average molecular weight is 485 g/mol. The Kier molecular flexibility index (Phi) is 8.92. The molecule has 1 unspecified atom stereocenters. The molecule has 3 heterocycles. The van der Waals surface area contributed by atoms with E-state index in [0.717, 1.165) is 68.5 Å². The smallest absolute Gasteiger partial charge is 0.251 e. The standard InChI is InChI=1S/C19H21NO3.C6H11N3O.CH4O/c21-19(14-7-8-17-13(12-14)4-3-10-22-17)20-16-9-11-23-18-6-2-1-5-15(16)18;1-6(2)3-4(10)8-5(7)9-6;1-2/h1,5,7-8,12,16H,2-4,6,9-11H2,(H,20,21);3H2,1-2H3,(H3,7,8,9,10);2H,1H3. The summed E-state index contributed by atoms with van der Waals surface area (Å²) in [5.74, 6) is 2.11. The topological polar surface area (TPSA) is 135 Å². The zero-order valence-electron chi connectivity index (χ0n) is 20.7. The summed E-state index contributed by atoms with van der Waals surface area (Å²) >= 11 is 0. The monoisotopic (exact) mass is 484 g/mol. The number of aliphatic imine (C=N–C) groups is 1. The van der Waals surface area contributed by atoms with E-state index in [9.17, 15) is 9.59 Å². The number of allylic oxidation sites excluding steroid dienone is 2. The largest absolute Gasteiger partial charge is 0.497 e. The van der Waals surface area contributed by atoms with Crippen LogP contribution in [0.2, 0.25) is 0 Å². The second-order valence-electron chi connectivity index (χ2n) is 9.29. The maximum Gasteiger partial charge on any atom is 0.251 e. The van der Waals surface area contributed by atoms with Crippen LogP contribution in [0.15, 0.2) is 46.7 Å². The first-order chi connectivity index (χ1) is 16.8. The predicted molar refractivity (Wildman–Crippen MR) is 134 cm³/mol. The molecule has 0 spiro atoms. The number of benzene rings is 1. The minimum Gasteiger partial charge on any atom is -0.497 e. The van der Waals surface area contributed by atoms with Crippen LogP contribution in [-0.2, 0) is 16.0 Å². The van der Waals surface area contributed by atoms with Crippen molar-refractivity contribution in [3.8, 4) is 5.75 Å². The Balaban J connectivity index is 0.000000240. The fourth-order valence-corrected chi connectivity index (χ4v) is 4.45. The number of ether oxygens (including phenoxy) is 2. The maximum atomic E-state index is 12.6.